The maximum atomic E-state index is 12.0. The molecule has 1 aromatic heterocycles. The molecule has 4 nitrogen and oxygen atoms in total. The third kappa shape index (κ3) is 2.55. The molecule has 0 aliphatic heterocycles. The molecule has 0 atom stereocenters. The van der Waals surface area contributed by atoms with Crippen molar-refractivity contribution in [2.24, 2.45) is 7.05 Å². The highest BCUT2D eigenvalue weighted by atomic mass is 19.4. The largest absolute Gasteiger partial charge is 0.573 e. The first-order valence-electron chi connectivity index (χ1n) is 4.98. The number of aromatic nitrogens is 2. The number of rotatable bonds is 2. The Morgan fingerprint density at radius 1 is 1.11 bits per heavy atom. The van der Waals surface area contributed by atoms with E-state index in [9.17, 15) is 18.0 Å². The minimum absolute atomic E-state index is 0.262. The minimum atomic E-state index is -4.72. The topological polar surface area (TPSA) is 36.2 Å². The molecule has 2 rings (SSSR count). The van der Waals surface area contributed by atoms with Crippen LogP contribution in [-0.2, 0) is 7.05 Å². The molecule has 0 aliphatic rings. The predicted molar refractivity (Wildman–Crippen MR) is 57.7 cm³/mol. The Bertz CT molecular complexity index is 596. The predicted octanol–water partition coefficient (Wildman–Crippen LogP) is 2.07. The number of ether oxygens (including phenoxy) is 1. The van der Waals surface area contributed by atoms with Crippen LogP contribution in [0.4, 0.5) is 13.2 Å². The van der Waals surface area contributed by atoms with E-state index in [2.05, 4.69) is 4.74 Å². The van der Waals surface area contributed by atoms with Crippen LogP contribution in [0.25, 0.3) is 5.69 Å². The van der Waals surface area contributed by atoms with E-state index in [1.807, 2.05) is 0 Å². The van der Waals surface area contributed by atoms with Gasteiger partial charge in [0.25, 0.3) is 5.56 Å². The number of alkyl halides is 3. The number of hydrogen-bond donors (Lipinski definition) is 0. The maximum absolute atomic E-state index is 12.0. The van der Waals surface area contributed by atoms with Gasteiger partial charge in [0.1, 0.15) is 5.75 Å². The SMILES string of the molecule is Cn1ccc(=O)n1-c1ccc(OC(F)(F)F)cc1. The van der Waals surface area contributed by atoms with Crippen LogP contribution in [0.5, 0.6) is 5.75 Å². The first-order chi connectivity index (χ1) is 8.37. The van der Waals surface area contributed by atoms with Crippen molar-refractivity contribution in [1.29, 1.82) is 0 Å². The second-order valence-electron chi connectivity index (χ2n) is 3.58. The lowest BCUT2D eigenvalue weighted by Crippen LogP contribution is -2.19. The normalized spacial score (nSPS) is 11.6. The molecule has 0 spiro atoms. The van der Waals surface area contributed by atoms with E-state index in [1.165, 1.54) is 27.6 Å². The smallest absolute Gasteiger partial charge is 0.406 e. The molecule has 96 valence electrons. The van der Waals surface area contributed by atoms with Crippen molar-refractivity contribution in [3.05, 3.63) is 46.9 Å². The van der Waals surface area contributed by atoms with Gasteiger partial charge in [0, 0.05) is 19.3 Å². The summed E-state index contributed by atoms with van der Waals surface area (Å²) in [6.45, 7) is 0. The van der Waals surface area contributed by atoms with Crippen molar-refractivity contribution in [1.82, 2.24) is 9.36 Å². The Kier molecular flexibility index (Phi) is 2.90. The number of halogens is 3. The Morgan fingerprint density at radius 3 is 2.17 bits per heavy atom. The Labute approximate surface area is 99.8 Å². The second kappa shape index (κ2) is 4.25. The van der Waals surface area contributed by atoms with Crippen molar-refractivity contribution < 1.29 is 17.9 Å². The van der Waals surface area contributed by atoms with E-state index in [4.69, 9.17) is 0 Å². The van der Waals surface area contributed by atoms with Gasteiger partial charge in [0.2, 0.25) is 0 Å². The van der Waals surface area contributed by atoms with Gasteiger partial charge in [-0.25, -0.2) is 4.68 Å². The molecule has 0 unspecified atom stereocenters. The summed E-state index contributed by atoms with van der Waals surface area (Å²) < 4.78 is 42.5. The molecule has 0 amide bonds. The van der Waals surface area contributed by atoms with Crippen molar-refractivity contribution >= 4 is 0 Å². The summed E-state index contributed by atoms with van der Waals surface area (Å²) >= 11 is 0. The van der Waals surface area contributed by atoms with Gasteiger partial charge < -0.3 is 4.74 Å². The van der Waals surface area contributed by atoms with Crippen LogP contribution in [0.15, 0.2) is 41.3 Å². The van der Waals surface area contributed by atoms with Crippen molar-refractivity contribution in [2.45, 2.75) is 6.36 Å². The van der Waals surface area contributed by atoms with Crippen LogP contribution in [0.3, 0.4) is 0 Å². The van der Waals surface area contributed by atoms with Gasteiger partial charge in [-0.15, -0.1) is 13.2 Å². The van der Waals surface area contributed by atoms with Gasteiger partial charge in [-0.3, -0.25) is 9.48 Å². The Hall–Kier alpha value is -2.18. The summed E-state index contributed by atoms with van der Waals surface area (Å²) in [5.74, 6) is -0.325. The van der Waals surface area contributed by atoms with E-state index < -0.39 is 6.36 Å². The highest BCUT2D eigenvalue weighted by Crippen LogP contribution is 2.23. The monoisotopic (exact) mass is 258 g/mol. The maximum Gasteiger partial charge on any atom is 0.573 e. The number of aryl methyl sites for hydroxylation is 1. The Balaban J connectivity index is 2.31. The van der Waals surface area contributed by atoms with E-state index >= 15 is 0 Å². The summed E-state index contributed by atoms with van der Waals surface area (Å²) in [6, 6.07) is 6.43. The molecule has 0 radical (unpaired) electrons. The Morgan fingerprint density at radius 2 is 1.72 bits per heavy atom. The van der Waals surface area contributed by atoms with Gasteiger partial charge in [-0.1, -0.05) is 0 Å². The van der Waals surface area contributed by atoms with Crippen LogP contribution in [0.2, 0.25) is 0 Å². The van der Waals surface area contributed by atoms with Gasteiger partial charge in [0.15, 0.2) is 0 Å². The average molecular weight is 258 g/mol. The summed E-state index contributed by atoms with van der Waals surface area (Å²) in [6.07, 6.45) is -3.16. The fraction of sp³-hybridized carbons (Fsp3) is 0.182. The summed E-state index contributed by atoms with van der Waals surface area (Å²) in [5, 5.41) is 0. The molecule has 1 aromatic carbocycles. The number of benzene rings is 1. The van der Waals surface area contributed by atoms with Crippen molar-refractivity contribution in [2.75, 3.05) is 0 Å². The quantitative estimate of drug-likeness (QED) is 0.826. The van der Waals surface area contributed by atoms with Crippen LogP contribution >= 0.6 is 0 Å². The molecule has 7 heteroatoms. The molecule has 0 aliphatic carbocycles. The summed E-state index contributed by atoms with van der Waals surface area (Å²) in [5.41, 5.74) is 0.198. The van der Waals surface area contributed by atoms with Crippen LogP contribution in [-0.4, -0.2) is 15.7 Å². The highest BCUT2D eigenvalue weighted by molar-refractivity contribution is 5.36. The van der Waals surface area contributed by atoms with E-state index in [-0.39, 0.29) is 11.3 Å². The lowest BCUT2D eigenvalue weighted by atomic mass is 10.3. The molecule has 0 N–H and O–H groups in total. The standard InChI is InChI=1S/C11H9F3N2O2/c1-15-7-6-10(17)16(15)8-2-4-9(5-3-8)18-11(12,13)14/h2-7H,1H3. The van der Waals surface area contributed by atoms with Crippen LogP contribution < -0.4 is 10.3 Å². The molecule has 0 fully saturated rings. The third-order valence-corrected chi connectivity index (χ3v) is 2.27. The molecule has 2 aromatic rings. The van der Waals surface area contributed by atoms with Gasteiger partial charge in [-0.05, 0) is 24.3 Å². The lowest BCUT2D eigenvalue weighted by Gasteiger charge is -2.10. The molecule has 18 heavy (non-hydrogen) atoms. The molecular weight excluding hydrogens is 249 g/mol. The zero-order valence-corrected chi connectivity index (χ0v) is 9.31. The van der Waals surface area contributed by atoms with Crippen LogP contribution in [0.1, 0.15) is 0 Å². The molecule has 0 saturated carbocycles. The highest BCUT2D eigenvalue weighted by Gasteiger charge is 2.30. The van der Waals surface area contributed by atoms with E-state index in [0.29, 0.717) is 5.69 Å². The molecular formula is C11H9F3N2O2. The van der Waals surface area contributed by atoms with E-state index in [0.717, 1.165) is 12.1 Å². The molecule has 0 saturated heterocycles. The first kappa shape index (κ1) is 12.3. The van der Waals surface area contributed by atoms with Crippen molar-refractivity contribution in [3.63, 3.8) is 0 Å². The molecule has 0 bridgehead atoms. The average Bonchev–Trinajstić information content (AvgIpc) is 2.58. The fourth-order valence-electron chi connectivity index (χ4n) is 1.56. The summed E-state index contributed by atoms with van der Waals surface area (Å²) in [7, 11) is 1.65. The lowest BCUT2D eigenvalue weighted by molar-refractivity contribution is -0.274. The fourth-order valence-corrected chi connectivity index (χ4v) is 1.56. The third-order valence-electron chi connectivity index (χ3n) is 2.27. The zero-order valence-electron chi connectivity index (χ0n) is 9.31. The van der Waals surface area contributed by atoms with Crippen LogP contribution in [0, 0.1) is 0 Å². The van der Waals surface area contributed by atoms with Gasteiger partial charge in [-0.2, -0.15) is 0 Å². The number of nitrogens with zero attached hydrogens (tertiary/aromatic N) is 2. The zero-order chi connectivity index (χ0) is 13.3. The molecule has 1 heterocycles. The second-order valence-corrected chi connectivity index (χ2v) is 3.58. The minimum Gasteiger partial charge on any atom is -0.406 e. The number of hydrogen-bond acceptors (Lipinski definition) is 2. The van der Waals surface area contributed by atoms with E-state index in [1.54, 1.807) is 13.2 Å². The van der Waals surface area contributed by atoms with Gasteiger partial charge >= 0.3 is 6.36 Å². The first-order valence-corrected chi connectivity index (χ1v) is 4.98. The van der Waals surface area contributed by atoms with Crippen molar-refractivity contribution in [3.8, 4) is 11.4 Å². The summed E-state index contributed by atoms with van der Waals surface area (Å²) in [4.78, 5) is 11.5. The van der Waals surface area contributed by atoms with Gasteiger partial charge in [0.05, 0.1) is 5.69 Å².